The van der Waals surface area contributed by atoms with E-state index in [1.807, 2.05) is 0 Å². The number of hydrogen-bond donors (Lipinski definition) is 1. The maximum Gasteiger partial charge on any atom is 0.416 e. The number of amides is 1. The summed E-state index contributed by atoms with van der Waals surface area (Å²) in [6.45, 7) is 1.67. The van der Waals surface area contributed by atoms with Gasteiger partial charge in [-0.2, -0.15) is 13.2 Å². The summed E-state index contributed by atoms with van der Waals surface area (Å²) in [4.78, 5) is 13.1. The fourth-order valence-corrected chi connectivity index (χ4v) is 3.06. The summed E-state index contributed by atoms with van der Waals surface area (Å²) in [7, 11) is 3.03. The van der Waals surface area contributed by atoms with Crippen LogP contribution in [0.1, 0.15) is 12.5 Å². The predicted molar refractivity (Wildman–Crippen MR) is 94.9 cm³/mol. The van der Waals surface area contributed by atoms with Gasteiger partial charge in [0.05, 0.1) is 25.0 Å². The monoisotopic (exact) mass is 385 g/mol. The maximum absolute atomic E-state index is 12.7. The predicted octanol–water partition coefficient (Wildman–Crippen LogP) is 4.84. The van der Waals surface area contributed by atoms with Gasteiger partial charge >= 0.3 is 6.18 Å². The lowest BCUT2D eigenvalue weighted by Crippen LogP contribution is -2.22. The molecular weight excluding hydrogens is 367 g/mol. The third-order valence-electron chi connectivity index (χ3n) is 3.49. The summed E-state index contributed by atoms with van der Waals surface area (Å²) in [5.74, 6) is 0.699. The minimum Gasteiger partial charge on any atom is -0.493 e. The molecule has 0 fully saturated rings. The Kier molecular flexibility index (Phi) is 6.42. The van der Waals surface area contributed by atoms with Crippen LogP contribution >= 0.6 is 11.8 Å². The summed E-state index contributed by atoms with van der Waals surface area (Å²) in [5.41, 5.74) is -0.708. The topological polar surface area (TPSA) is 47.6 Å². The fourth-order valence-electron chi connectivity index (χ4n) is 2.16. The first-order valence-electron chi connectivity index (χ1n) is 7.61. The van der Waals surface area contributed by atoms with Crippen LogP contribution < -0.4 is 14.8 Å². The SMILES string of the molecule is COc1ccc(SC(C)C(=O)Nc2cccc(C(F)(F)F)c2)cc1OC. The Hall–Kier alpha value is -2.35. The van der Waals surface area contributed by atoms with Gasteiger partial charge in [-0.1, -0.05) is 6.07 Å². The number of nitrogens with one attached hydrogen (secondary N) is 1. The maximum atomic E-state index is 12.7. The number of benzene rings is 2. The van der Waals surface area contributed by atoms with Gasteiger partial charge in [0, 0.05) is 10.6 Å². The molecule has 0 saturated heterocycles. The summed E-state index contributed by atoms with van der Waals surface area (Å²) >= 11 is 1.26. The number of carbonyl (C=O) groups is 1. The van der Waals surface area contributed by atoms with Gasteiger partial charge in [0.15, 0.2) is 11.5 Å². The average Bonchev–Trinajstić information content (AvgIpc) is 2.61. The molecule has 26 heavy (non-hydrogen) atoms. The van der Waals surface area contributed by atoms with Crippen LogP contribution in [0.25, 0.3) is 0 Å². The molecule has 140 valence electrons. The zero-order chi connectivity index (χ0) is 19.3. The van der Waals surface area contributed by atoms with E-state index in [1.165, 1.54) is 38.1 Å². The van der Waals surface area contributed by atoms with Gasteiger partial charge in [0.1, 0.15) is 0 Å². The van der Waals surface area contributed by atoms with Crippen molar-refractivity contribution in [2.45, 2.75) is 23.2 Å². The van der Waals surface area contributed by atoms with Gasteiger partial charge in [-0.3, -0.25) is 4.79 Å². The van der Waals surface area contributed by atoms with Crippen LogP contribution in [-0.4, -0.2) is 25.4 Å². The van der Waals surface area contributed by atoms with Gasteiger partial charge in [-0.25, -0.2) is 0 Å². The van der Waals surface area contributed by atoms with Crippen LogP contribution in [0, 0.1) is 0 Å². The van der Waals surface area contributed by atoms with Crippen molar-refractivity contribution in [1.82, 2.24) is 0 Å². The third-order valence-corrected chi connectivity index (χ3v) is 4.59. The van der Waals surface area contributed by atoms with Crippen molar-refractivity contribution in [2.75, 3.05) is 19.5 Å². The van der Waals surface area contributed by atoms with Crippen molar-refractivity contribution in [3.05, 3.63) is 48.0 Å². The molecule has 8 heteroatoms. The van der Waals surface area contributed by atoms with E-state index in [0.29, 0.717) is 11.5 Å². The van der Waals surface area contributed by atoms with Gasteiger partial charge < -0.3 is 14.8 Å². The van der Waals surface area contributed by atoms with Crippen molar-refractivity contribution in [2.24, 2.45) is 0 Å². The van der Waals surface area contributed by atoms with Crippen LogP contribution in [0.3, 0.4) is 0 Å². The minimum atomic E-state index is -4.46. The largest absolute Gasteiger partial charge is 0.493 e. The number of thioether (sulfide) groups is 1. The molecule has 4 nitrogen and oxygen atoms in total. The molecular formula is C18H18F3NO3S. The highest BCUT2D eigenvalue weighted by Crippen LogP contribution is 2.34. The quantitative estimate of drug-likeness (QED) is 0.723. The Morgan fingerprint density at radius 1 is 1.08 bits per heavy atom. The van der Waals surface area contributed by atoms with Crippen molar-refractivity contribution in [3.8, 4) is 11.5 Å². The summed E-state index contributed by atoms with van der Waals surface area (Å²) in [6, 6.07) is 9.77. The number of methoxy groups -OCH3 is 2. The molecule has 0 heterocycles. The van der Waals surface area contributed by atoms with E-state index in [9.17, 15) is 18.0 Å². The van der Waals surface area contributed by atoms with E-state index in [0.717, 1.165) is 17.0 Å². The highest BCUT2D eigenvalue weighted by atomic mass is 32.2. The number of hydrogen-bond acceptors (Lipinski definition) is 4. The van der Waals surface area contributed by atoms with Crippen molar-refractivity contribution in [3.63, 3.8) is 0 Å². The van der Waals surface area contributed by atoms with E-state index in [-0.39, 0.29) is 5.69 Å². The molecule has 2 aromatic rings. The Bertz CT molecular complexity index is 781. The van der Waals surface area contributed by atoms with Crippen molar-refractivity contribution in [1.29, 1.82) is 0 Å². The number of ether oxygens (including phenoxy) is 2. The van der Waals surface area contributed by atoms with E-state index < -0.39 is 22.9 Å². The molecule has 1 N–H and O–H groups in total. The van der Waals surface area contributed by atoms with E-state index in [2.05, 4.69) is 5.32 Å². The number of halogens is 3. The lowest BCUT2D eigenvalue weighted by Gasteiger charge is -2.14. The number of carbonyl (C=O) groups excluding carboxylic acids is 1. The standard InChI is InChI=1S/C18H18F3NO3S/c1-11(26-14-7-8-15(24-2)16(10-14)25-3)17(23)22-13-6-4-5-12(9-13)18(19,20)21/h4-11H,1-3H3,(H,22,23). The molecule has 1 amide bonds. The Morgan fingerprint density at radius 3 is 2.38 bits per heavy atom. The third kappa shape index (κ3) is 5.08. The molecule has 0 aliphatic rings. The normalized spacial score (nSPS) is 12.4. The molecule has 0 spiro atoms. The van der Waals surface area contributed by atoms with Gasteiger partial charge in [-0.05, 0) is 43.3 Å². The molecule has 0 aliphatic heterocycles. The first kappa shape index (κ1) is 20.0. The van der Waals surface area contributed by atoms with Gasteiger partial charge in [-0.15, -0.1) is 11.8 Å². The van der Waals surface area contributed by atoms with E-state index >= 15 is 0 Å². The molecule has 0 radical (unpaired) electrons. The molecule has 1 unspecified atom stereocenters. The molecule has 0 bridgehead atoms. The number of alkyl halides is 3. The van der Waals surface area contributed by atoms with Crippen LogP contribution in [0.15, 0.2) is 47.4 Å². The summed E-state index contributed by atoms with van der Waals surface area (Å²) < 4.78 is 48.6. The van der Waals surface area contributed by atoms with Crippen LogP contribution in [0.4, 0.5) is 18.9 Å². The highest BCUT2D eigenvalue weighted by molar-refractivity contribution is 8.00. The Morgan fingerprint density at radius 2 is 1.77 bits per heavy atom. The van der Waals surface area contributed by atoms with E-state index in [1.54, 1.807) is 25.1 Å². The number of anilines is 1. The second kappa shape index (κ2) is 8.35. The minimum absolute atomic E-state index is 0.101. The summed E-state index contributed by atoms with van der Waals surface area (Å²) in [6.07, 6.45) is -4.46. The smallest absolute Gasteiger partial charge is 0.416 e. The zero-order valence-corrected chi connectivity index (χ0v) is 15.2. The van der Waals surface area contributed by atoms with Gasteiger partial charge in [0.25, 0.3) is 0 Å². The summed E-state index contributed by atoms with van der Waals surface area (Å²) in [5, 5.41) is 1.98. The van der Waals surface area contributed by atoms with Crippen molar-refractivity contribution < 1.29 is 27.4 Å². The van der Waals surface area contributed by atoms with Gasteiger partial charge in [0.2, 0.25) is 5.91 Å². The first-order valence-corrected chi connectivity index (χ1v) is 8.49. The average molecular weight is 385 g/mol. The molecule has 1 atom stereocenters. The Balaban J connectivity index is 2.06. The number of rotatable bonds is 6. The molecule has 0 aromatic heterocycles. The second-order valence-electron chi connectivity index (χ2n) is 5.34. The van der Waals surface area contributed by atoms with E-state index in [4.69, 9.17) is 9.47 Å². The molecule has 0 aliphatic carbocycles. The fraction of sp³-hybridized carbons (Fsp3) is 0.278. The van der Waals surface area contributed by atoms with Crippen LogP contribution in [0.2, 0.25) is 0 Å². The van der Waals surface area contributed by atoms with Crippen LogP contribution in [-0.2, 0) is 11.0 Å². The highest BCUT2D eigenvalue weighted by Gasteiger charge is 2.30. The zero-order valence-electron chi connectivity index (χ0n) is 14.4. The molecule has 2 aromatic carbocycles. The lowest BCUT2D eigenvalue weighted by atomic mass is 10.2. The molecule has 0 saturated carbocycles. The molecule has 2 rings (SSSR count). The Labute approximate surface area is 153 Å². The lowest BCUT2D eigenvalue weighted by molar-refractivity contribution is -0.137. The second-order valence-corrected chi connectivity index (χ2v) is 6.76. The van der Waals surface area contributed by atoms with Crippen molar-refractivity contribution >= 4 is 23.4 Å². The first-order chi connectivity index (χ1) is 12.2. The van der Waals surface area contributed by atoms with Crippen LogP contribution in [0.5, 0.6) is 11.5 Å².